The van der Waals surface area contributed by atoms with E-state index in [1.807, 2.05) is 19.1 Å². The number of aryl methyl sites for hydroxylation is 1. The van der Waals surface area contributed by atoms with Gasteiger partial charge in [0.05, 0.1) is 10.9 Å². The maximum atomic E-state index is 12.0. The molecule has 25 heavy (non-hydrogen) atoms. The first-order valence-electron chi connectivity index (χ1n) is 8.00. The summed E-state index contributed by atoms with van der Waals surface area (Å²) in [6, 6.07) is 14.0. The largest absolute Gasteiger partial charge is 0.346 e. The topological polar surface area (TPSA) is 89.3 Å². The highest BCUT2D eigenvalue weighted by molar-refractivity contribution is 7.89. The summed E-state index contributed by atoms with van der Waals surface area (Å²) in [7, 11) is -3.71. The van der Waals surface area contributed by atoms with Crippen molar-refractivity contribution in [2.24, 2.45) is 5.14 Å². The van der Waals surface area contributed by atoms with E-state index >= 15 is 0 Å². The van der Waals surface area contributed by atoms with Gasteiger partial charge >= 0.3 is 0 Å². The normalized spacial score (nSPS) is 12.9. The van der Waals surface area contributed by atoms with Crippen LogP contribution in [0, 0.1) is 0 Å². The molecule has 5 nitrogen and oxygen atoms in total. The minimum atomic E-state index is -3.71. The first-order chi connectivity index (χ1) is 11.8. The molecule has 0 aliphatic carbocycles. The molecule has 132 valence electrons. The Morgan fingerprint density at radius 3 is 2.24 bits per heavy atom. The monoisotopic (exact) mass is 358 g/mol. The molecule has 1 amide bonds. The van der Waals surface area contributed by atoms with Crippen LogP contribution in [0.15, 0.2) is 59.5 Å². The number of amides is 1. The second kappa shape index (κ2) is 8.09. The van der Waals surface area contributed by atoms with E-state index in [4.69, 9.17) is 5.14 Å². The van der Waals surface area contributed by atoms with Crippen LogP contribution in [-0.4, -0.2) is 14.3 Å². The maximum absolute atomic E-state index is 12.0. The summed E-state index contributed by atoms with van der Waals surface area (Å²) in [4.78, 5) is 12.1. The van der Waals surface area contributed by atoms with Crippen LogP contribution in [0.1, 0.15) is 36.6 Å². The zero-order chi connectivity index (χ0) is 18.4. The van der Waals surface area contributed by atoms with Gasteiger partial charge in [0.15, 0.2) is 0 Å². The molecule has 0 aromatic heterocycles. The second-order valence-electron chi connectivity index (χ2n) is 5.77. The lowest BCUT2D eigenvalue weighted by Gasteiger charge is -2.13. The molecule has 0 fully saturated rings. The number of hydrogen-bond acceptors (Lipinski definition) is 3. The van der Waals surface area contributed by atoms with Crippen LogP contribution in [-0.2, 0) is 21.2 Å². The van der Waals surface area contributed by atoms with Gasteiger partial charge in [-0.3, -0.25) is 4.79 Å². The van der Waals surface area contributed by atoms with Crippen molar-refractivity contribution in [3.63, 3.8) is 0 Å². The van der Waals surface area contributed by atoms with E-state index in [0.717, 1.165) is 12.0 Å². The van der Waals surface area contributed by atoms with E-state index in [2.05, 4.69) is 24.4 Å². The number of sulfonamides is 1. The fourth-order valence-electron chi connectivity index (χ4n) is 2.33. The van der Waals surface area contributed by atoms with Gasteiger partial charge in [0.1, 0.15) is 0 Å². The Morgan fingerprint density at radius 2 is 1.72 bits per heavy atom. The van der Waals surface area contributed by atoms with Gasteiger partial charge in [-0.25, -0.2) is 13.6 Å². The summed E-state index contributed by atoms with van der Waals surface area (Å²) in [6.07, 6.45) is 4.02. The Hall–Kier alpha value is -2.44. The minimum absolute atomic E-state index is 0.0400. The van der Waals surface area contributed by atoms with E-state index in [-0.39, 0.29) is 16.8 Å². The number of carbonyl (C=O) groups excluding carboxylic acids is 1. The zero-order valence-electron chi connectivity index (χ0n) is 14.3. The Labute approximate surface area is 148 Å². The summed E-state index contributed by atoms with van der Waals surface area (Å²) in [5.74, 6) is -0.220. The third kappa shape index (κ3) is 5.55. The third-order valence-corrected chi connectivity index (χ3v) is 4.81. The molecule has 0 saturated carbocycles. The number of nitrogens with one attached hydrogen (secondary N) is 1. The lowest BCUT2D eigenvalue weighted by molar-refractivity contribution is -0.117. The van der Waals surface area contributed by atoms with E-state index < -0.39 is 10.0 Å². The number of benzene rings is 2. The standard InChI is InChI=1S/C19H22N2O3S/c1-3-15-4-9-17(10-5-15)14(2)21-19(22)13-8-16-6-11-18(12-7-16)25(20,23)24/h4-14H,3H2,1-2H3,(H,21,22)(H2,20,23,24). The van der Waals surface area contributed by atoms with Gasteiger partial charge in [0.25, 0.3) is 0 Å². The number of nitrogens with two attached hydrogens (primary N) is 1. The van der Waals surface area contributed by atoms with Crippen molar-refractivity contribution >= 4 is 22.0 Å². The molecule has 0 bridgehead atoms. The van der Waals surface area contributed by atoms with Crippen molar-refractivity contribution in [2.45, 2.75) is 31.2 Å². The Bertz CT molecular complexity index is 855. The Kier molecular flexibility index (Phi) is 6.12. The van der Waals surface area contributed by atoms with Gasteiger partial charge in [-0.15, -0.1) is 0 Å². The van der Waals surface area contributed by atoms with Gasteiger partial charge in [0, 0.05) is 6.08 Å². The Morgan fingerprint density at radius 1 is 1.12 bits per heavy atom. The molecule has 0 heterocycles. The molecule has 2 rings (SSSR count). The van der Waals surface area contributed by atoms with Crippen LogP contribution in [0.3, 0.4) is 0 Å². The summed E-state index contributed by atoms with van der Waals surface area (Å²) in [5, 5.41) is 7.95. The van der Waals surface area contributed by atoms with Gasteiger partial charge in [0.2, 0.25) is 15.9 Å². The van der Waals surface area contributed by atoms with E-state index in [9.17, 15) is 13.2 Å². The predicted molar refractivity (Wildman–Crippen MR) is 99.2 cm³/mol. The molecule has 2 aromatic rings. The van der Waals surface area contributed by atoms with Gasteiger partial charge in [-0.2, -0.15) is 0 Å². The van der Waals surface area contributed by atoms with Crippen molar-refractivity contribution in [3.8, 4) is 0 Å². The van der Waals surface area contributed by atoms with Crippen LogP contribution in [0.25, 0.3) is 6.08 Å². The molecule has 0 aliphatic heterocycles. The van der Waals surface area contributed by atoms with Gasteiger partial charge < -0.3 is 5.32 Å². The van der Waals surface area contributed by atoms with Crippen molar-refractivity contribution in [1.29, 1.82) is 0 Å². The molecular weight excluding hydrogens is 336 g/mol. The lowest BCUT2D eigenvalue weighted by atomic mass is 10.0. The minimum Gasteiger partial charge on any atom is -0.346 e. The molecule has 2 aromatic carbocycles. The van der Waals surface area contributed by atoms with Crippen molar-refractivity contribution < 1.29 is 13.2 Å². The van der Waals surface area contributed by atoms with Crippen LogP contribution in [0.5, 0.6) is 0 Å². The molecular formula is C19H22N2O3S. The number of rotatable bonds is 6. The summed E-state index contributed by atoms with van der Waals surface area (Å²) < 4.78 is 22.4. The Balaban J connectivity index is 1.97. The molecule has 6 heteroatoms. The predicted octanol–water partition coefficient (Wildman–Crippen LogP) is 2.79. The highest BCUT2D eigenvalue weighted by Crippen LogP contribution is 2.14. The van der Waals surface area contributed by atoms with Crippen LogP contribution < -0.4 is 10.5 Å². The maximum Gasteiger partial charge on any atom is 0.244 e. The SMILES string of the molecule is CCc1ccc(C(C)NC(=O)C=Cc2ccc(S(N)(=O)=O)cc2)cc1. The van der Waals surface area contributed by atoms with E-state index in [0.29, 0.717) is 5.56 Å². The second-order valence-corrected chi connectivity index (χ2v) is 7.33. The molecule has 0 radical (unpaired) electrons. The van der Waals surface area contributed by atoms with Crippen LogP contribution in [0.2, 0.25) is 0 Å². The molecule has 0 saturated heterocycles. The molecule has 3 N–H and O–H groups in total. The fraction of sp³-hybridized carbons (Fsp3) is 0.211. The van der Waals surface area contributed by atoms with E-state index in [1.54, 1.807) is 18.2 Å². The molecule has 1 unspecified atom stereocenters. The highest BCUT2D eigenvalue weighted by Gasteiger charge is 2.08. The van der Waals surface area contributed by atoms with E-state index in [1.165, 1.54) is 23.8 Å². The number of hydrogen-bond donors (Lipinski definition) is 2. The average molecular weight is 358 g/mol. The van der Waals surface area contributed by atoms with Gasteiger partial charge in [-0.05, 0) is 48.2 Å². The van der Waals surface area contributed by atoms with Crippen molar-refractivity contribution in [2.75, 3.05) is 0 Å². The first-order valence-corrected chi connectivity index (χ1v) is 9.54. The average Bonchev–Trinajstić information content (AvgIpc) is 2.59. The third-order valence-electron chi connectivity index (χ3n) is 3.88. The summed E-state index contributed by atoms with van der Waals surface area (Å²) in [6.45, 7) is 4.02. The molecule has 1 atom stereocenters. The number of carbonyl (C=O) groups is 1. The molecule has 0 aliphatic rings. The first kappa shape index (κ1) is 18.9. The van der Waals surface area contributed by atoms with Crippen LogP contribution >= 0.6 is 0 Å². The van der Waals surface area contributed by atoms with Crippen molar-refractivity contribution in [1.82, 2.24) is 5.32 Å². The highest BCUT2D eigenvalue weighted by atomic mass is 32.2. The summed E-state index contributed by atoms with van der Waals surface area (Å²) >= 11 is 0. The smallest absolute Gasteiger partial charge is 0.244 e. The zero-order valence-corrected chi connectivity index (χ0v) is 15.1. The van der Waals surface area contributed by atoms with Gasteiger partial charge in [-0.1, -0.05) is 43.3 Å². The fourth-order valence-corrected chi connectivity index (χ4v) is 2.84. The van der Waals surface area contributed by atoms with Crippen LogP contribution in [0.4, 0.5) is 0 Å². The molecule has 0 spiro atoms. The summed E-state index contributed by atoms with van der Waals surface area (Å²) in [5.41, 5.74) is 3.00. The van der Waals surface area contributed by atoms with Crippen molar-refractivity contribution in [3.05, 3.63) is 71.3 Å². The lowest BCUT2D eigenvalue weighted by Crippen LogP contribution is -2.24. The quantitative estimate of drug-likeness (QED) is 0.778. The number of primary sulfonamides is 1.